The molecule has 6 heteroatoms. The van der Waals surface area contributed by atoms with Crippen LogP contribution < -0.4 is 0 Å². The lowest BCUT2D eigenvalue weighted by Crippen LogP contribution is -2.45. The summed E-state index contributed by atoms with van der Waals surface area (Å²) < 4.78 is 74.0. The SMILES string of the molecule is CCCC(C)CCCCCC1CCC(C(F)(F)OC2CC(F)C(F)C(F)C2)CC1. The summed E-state index contributed by atoms with van der Waals surface area (Å²) in [5.41, 5.74) is 0. The van der Waals surface area contributed by atoms with Gasteiger partial charge in [0.15, 0.2) is 6.17 Å². The Kier molecular flexibility index (Phi) is 10.2. The molecule has 0 aliphatic heterocycles. The number of halogens is 5. The lowest BCUT2D eigenvalue weighted by molar-refractivity contribution is -0.306. The number of hydrogen-bond donors (Lipinski definition) is 0. The molecule has 0 aromatic heterocycles. The molecule has 0 amide bonds. The first kappa shape index (κ1) is 24.9. The second kappa shape index (κ2) is 11.9. The summed E-state index contributed by atoms with van der Waals surface area (Å²) in [6.45, 7) is 4.52. The van der Waals surface area contributed by atoms with Gasteiger partial charge in [-0.15, -0.1) is 0 Å². The third-order valence-electron chi connectivity index (χ3n) is 6.90. The molecular formula is C23H39F5O. The fraction of sp³-hybridized carbons (Fsp3) is 1.00. The summed E-state index contributed by atoms with van der Waals surface area (Å²) in [5, 5.41) is 0. The van der Waals surface area contributed by atoms with Gasteiger partial charge < -0.3 is 4.74 Å². The van der Waals surface area contributed by atoms with Crippen molar-refractivity contribution in [3.05, 3.63) is 0 Å². The Morgan fingerprint density at radius 2 is 1.52 bits per heavy atom. The number of rotatable bonds is 11. The summed E-state index contributed by atoms with van der Waals surface area (Å²) >= 11 is 0. The summed E-state index contributed by atoms with van der Waals surface area (Å²) in [7, 11) is 0. The van der Waals surface area contributed by atoms with Crippen LogP contribution in [0.2, 0.25) is 0 Å². The highest BCUT2D eigenvalue weighted by Gasteiger charge is 2.47. The Morgan fingerprint density at radius 1 is 0.897 bits per heavy atom. The summed E-state index contributed by atoms with van der Waals surface area (Å²) in [5.74, 6) is 0.369. The Morgan fingerprint density at radius 3 is 2.10 bits per heavy atom. The first-order chi connectivity index (χ1) is 13.7. The van der Waals surface area contributed by atoms with E-state index in [1.165, 1.54) is 32.1 Å². The minimum atomic E-state index is -3.40. The zero-order chi connectivity index (χ0) is 21.4. The molecule has 0 heterocycles. The highest BCUT2D eigenvalue weighted by atomic mass is 19.3. The van der Waals surface area contributed by atoms with Crippen LogP contribution in [0.15, 0.2) is 0 Å². The number of ether oxygens (including phenoxy) is 1. The second-order valence-electron chi connectivity index (χ2n) is 9.50. The van der Waals surface area contributed by atoms with Crippen molar-refractivity contribution >= 4 is 0 Å². The van der Waals surface area contributed by atoms with Crippen molar-refractivity contribution in [2.45, 2.75) is 128 Å². The van der Waals surface area contributed by atoms with E-state index in [1.54, 1.807) is 0 Å². The molecule has 0 aromatic rings. The number of alkyl halides is 5. The zero-order valence-electron chi connectivity index (χ0n) is 18.0. The molecule has 3 unspecified atom stereocenters. The largest absolute Gasteiger partial charge is 0.358 e. The molecule has 0 aromatic carbocycles. The first-order valence-electron chi connectivity index (χ1n) is 11.7. The Balaban J connectivity index is 1.64. The Bertz CT molecular complexity index is 441. The van der Waals surface area contributed by atoms with Gasteiger partial charge in [-0.3, -0.25) is 0 Å². The minimum Gasteiger partial charge on any atom is -0.317 e. The smallest absolute Gasteiger partial charge is 0.317 e. The van der Waals surface area contributed by atoms with Gasteiger partial charge in [-0.1, -0.05) is 58.8 Å². The summed E-state index contributed by atoms with van der Waals surface area (Å²) in [4.78, 5) is 0. The van der Waals surface area contributed by atoms with Crippen molar-refractivity contribution in [3.63, 3.8) is 0 Å². The normalized spacial score (nSPS) is 34.9. The number of unbranched alkanes of at least 4 members (excludes halogenated alkanes) is 2. The van der Waals surface area contributed by atoms with Crippen LogP contribution in [0.5, 0.6) is 0 Å². The minimum absolute atomic E-state index is 0.377. The van der Waals surface area contributed by atoms with Crippen molar-refractivity contribution in [1.29, 1.82) is 0 Å². The average Bonchev–Trinajstić information content (AvgIpc) is 2.66. The third kappa shape index (κ3) is 7.99. The predicted molar refractivity (Wildman–Crippen MR) is 106 cm³/mol. The maximum Gasteiger partial charge on any atom is 0.358 e. The Labute approximate surface area is 173 Å². The van der Waals surface area contributed by atoms with Gasteiger partial charge in [0, 0.05) is 12.8 Å². The molecule has 2 aliphatic carbocycles. The molecule has 0 bridgehead atoms. The van der Waals surface area contributed by atoms with E-state index in [1.807, 2.05) is 0 Å². The molecule has 29 heavy (non-hydrogen) atoms. The van der Waals surface area contributed by atoms with E-state index < -0.39 is 49.5 Å². The quantitative estimate of drug-likeness (QED) is 0.240. The highest BCUT2D eigenvalue weighted by molar-refractivity contribution is 4.89. The second-order valence-corrected chi connectivity index (χ2v) is 9.50. The molecule has 2 fully saturated rings. The summed E-state index contributed by atoms with van der Waals surface area (Å²) in [6.07, 6.45) is -1.25. The Hall–Kier alpha value is -0.390. The summed E-state index contributed by atoms with van der Waals surface area (Å²) in [6, 6.07) is 0. The molecule has 2 rings (SSSR count). The molecule has 0 radical (unpaired) electrons. The monoisotopic (exact) mass is 426 g/mol. The topological polar surface area (TPSA) is 9.23 Å². The molecular weight excluding hydrogens is 387 g/mol. The first-order valence-corrected chi connectivity index (χ1v) is 11.7. The van der Waals surface area contributed by atoms with Crippen LogP contribution in [0.3, 0.4) is 0 Å². The van der Waals surface area contributed by atoms with E-state index in [-0.39, 0.29) is 0 Å². The fourth-order valence-electron chi connectivity index (χ4n) is 5.03. The van der Waals surface area contributed by atoms with Crippen LogP contribution in [0.1, 0.15) is 97.3 Å². The molecule has 1 nitrogen and oxygen atoms in total. The van der Waals surface area contributed by atoms with E-state index >= 15 is 0 Å². The van der Waals surface area contributed by atoms with Crippen molar-refractivity contribution in [2.24, 2.45) is 17.8 Å². The van der Waals surface area contributed by atoms with Crippen LogP contribution >= 0.6 is 0 Å². The van der Waals surface area contributed by atoms with Gasteiger partial charge in [0.25, 0.3) is 0 Å². The van der Waals surface area contributed by atoms with Gasteiger partial charge in [-0.2, -0.15) is 8.78 Å². The van der Waals surface area contributed by atoms with E-state index in [0.717, 1.165) is 31.6 Å². The molecule has 172 valence electrons. The number of hydrogen-bond acceptors (Lipinski definition) is 1. The van der Waals surface area contributed by atoms with Gasteiger partial charge in [0.2, 0.25) is 0 Å². The van der Waals surface area contributed by atoms with Gasteiger partial charge in [-0.05, 0) is 37.5 Å². The lowest BCUT2D eigenvalue weighted by Gasteiger charge is -2.37. The molecule has 0 spiro atoms. The van der Waals surface area contributed by atoms with E-state index in [0.29, 0.717) is 18.8 Å². The van der Waals surface area contributed by atoms with Crippen LogP contribution in [0.25, 0.3) is 0 Å². The lowest BCUT2D eigenvalue weighted by atomic mass is 9.79. The van der Waals surface area contributed by atoms with Crippen molar-refractivity contribution in [2.75, 3.05) is 0 Å². The molecule has 2 saturated carbocycles. The van der Waals surface area contributed by atoms with Gasteiger partial charge in [-0.25, -0.2) is 13.2 Å². The standard InChI is InChI=1S/C23H39F5O/c1-3-7-16(2)8-5-4-6-9-17-10-12-18(13-11-17)23(27,28)29-19-14-20(24)22(26)21(25)15-19/h16-22H,3-15H2,1-2H3. The fourth-order valence-corrected chi connectivity index (χ4v) is 5.03. The molecule has 3 atom stereocenters. The van der Waals surface area contributed by atoms with Gasteiger partial charge in [0.1, 0.15) is 12.3 Å². The van der Waals surface area contributed by atoms with Crippen LogP contribution in [0, 0.1) is 17.8 Å². The van der Waals surface area contributed by atoms with Crippen molar-refractivity contribution in [1.82, 2.24) is 0 Å². The maximum absolute atomic E-state index is 14.5. The molecule has 0 saturated heterocycles. The van der Waals surface area contributed by atoms with E-state index in [9.17, 15) is 22.0 Å². The maximum atomic E-state index is 14.5. The predicted octanol–water partition coefficient (Wildman–Crippen LogP) is 7.97. The van der Waals surface area contributed by atoms with Crippen LogP contribution in [-0.2, 0) is 4.74 Å². The van der Waals surface area contributed by atoms with E-state index in [2.05, 4.69) is 13.8 Å². The average molecular weight is 427 g/mol. The third-order valence-corrected chi connectivity index (χ3v) is 6.90. The zero-order valence-corrected chi connectivity index (χ0v) is 18.0. The van der Waals surface area contributed by atoms with Crippen LogP contribution in [0.4, 0.5) is 22.0 Å². The van der Waals surface area contributed by atoms with Crippen molar-refractivity contribution in [3.8, 4) is 0 Å². The van der Waals surface area contributed by atoms with Gasteiger partial charge in [0.05, 0.1) is 12.0 Å². The molecule has 2 aliphatic rings. The van der Waals surface area contributed by atoms with E-state index in [4.69, 9.17) is 4.74 Å². The molecule has 0 N–H and O–H groups in total. The highest BCUT2D eigenvalue weighted by Crippen LogP contribution is 2.43. The van der Waals surface area contributed by atoms with Crippen molar-refractivity contribution < 1.29 is 26.7 Å². The van der Waals surface area contributed by atoms with Crippen LogP contribution in [-0.4, -0.2) is 30.7 Å². The van der Waals surface area contributed by atoms with Gasteiger partial charge >= 0.3 is 6.11 Å².